The summed E-state index contributed by atoms with van der Waals surface area (Å²) in [5, 5.41) is 22.3. The van der Waals surface area contributed by atoms with Crippen LogP contribution in [0.5, 0.6) is 5.75 Å². The lowest BCUT2D eigenvalue weighted by molar-refractivity contribution is 0.480. The quantitative estimate of drug-likeness (QED) is 0.133. The van der Waals surface area contributed by atoms with Crippen LogP contribution >= 0.6 is 0 Å². The van der Waals surface area contributed by atoms with E-state index in [4.69, 9.17) is 39.9 Å². The molecule has 0 aliphatic heterocycles. The van der Waals surface area contributed by atoms with Crippen molar-refractivity contribution < 1.29 is 5.11 Å². The first-order valence-corrected chi connectivity index (χ1v) is 32.7. The number of hydrogen-bond acceptors (Lipinski definition) is 9. The molecule has 9 heteroatoms. The fourth-order valence-electron chi connectivity index (χ4n) is 13.3. The molecule has 14 aromatic carbocycles. The number of aromatic hydroxyl groups is 1. The number of aromatic nitrogens is 8. The van der Waals surface area contributed by atoms with Crippen molar-refractivity contribution in [3.05, 3.63) is 333 Å². The van der Waals surface area contributed by atoms with Crippen LogP contribution in [0.4, 0.5) is 0 Å². The first kappa shape index (κ1) is 58.6. The lowest BCUT2D eigenvalue weighted by Crippen LogP contribution is -2.00. The average molecular weight is 1260 g/mol. The molecule has 0 aliphatic rings. The van der Waals surface area contributed by atoms with E-state index >= 15 is 0 Å². The number of nitrogens with zero attached hydrogens (tertiary/aromatic N) is 8. The van der Waals surface area contributed by atoms with Gasteiger partial charge >= 0.3 is 0 Å². The van der Waals surface area contributed by atoms with Crippen LogP contribution in [-0.2, 0) is 0 Å². The molecule has 0 saturated carbocycles. The van der Waals surface area contributed by atoms with Crippen molar-refractivity contribution >= 4 is 64.9 Å². The van der Waals surface area contributed by atoms with Gasteiger partial charge in [0, 0.05) is 76.8 Å². The Morgan fingerprint density at radius 1 is 0.194 bits per heavy atom. The summed E-state index contributed by atoms with van der Waals surface area (Å²) >= 11 is 0. The Hall–Kier alpha value is -13.2. The van der Waals surface area contributed by atoms with Gasteiger partial charge in [-0.1, -0.05) is 322 Å². The molecule has 0 amide bonds. The largest absolute Gasteiger partial charge is 0.506 e. The Labute approximate surface area is 565 Å². The molecule has 0 unspecified atom stereocenters. The zero-order chi connectivity index (χ0) is 65.5. The Morgan fingerprint density at radius 2 is 0.469 bits per heavy atom. The zero-order valence-corrected chi connectivity index (χ0v) is 53.2. The predicted octanol–water partition coefficient (Wildman–Crippen LogP) is 22.1. The summed E-state index contributed by atoms with van der Waals surface area (Å²) in [6.07, 6.45) is 0. The van der Waals surface area contributed by atoms with E-state index < -0.39 is 0 Å². The number of fused-ring (bicyclic) bond motifs is 10. The van der Waals surface area contributed by atoms with Crippen LogP contribution in [0.15, 0.2) is 328 Å². The highest BCUT2D eigenvalue weighted by molar-refractivity contribution is 6.24. The fraction of sp³-hybridized carbons (Fsp3) is 0.0112. The van der Waals surface area contributed by atoms with E-state index in [0.717, 1.165) is 116 Å². The Bertz CT molecular complexity index is 5530. The van der Waals surface area contributed by atoms with Crippen LogP contribution < -0.4 is 0 Å². The van der Waals surface area contributed by atoms with E-state index in [0.29, 0.717) is 40.5 Å². The third-order valence-electron chi connectivity index (χ3n) is 18.3. The van der Waals surface area contributed by atoms with E-state index in [1.54, 1.807) is 6.07 Å². The molecule has 0 spiro atoms. The summed E-state index contributed by atoms with van der Waals surface area (Å²) < 4.78 is 0. The molecule has 0 aliphatic carbocycles. The molecule has 4 aromatic heterocycles. The number of benzene rings is 14. The maximum absolute atomic E-state index is 10.8. The normalized spacial score (nSPS) is 11.4. The van der Waals surface area contributed by atoms with Gasteiger partial charge in [0.2, 0.25) is 0 Å². The summed E-state index contributed by atoms with van der Waals surface area (Å²) in [7, 11) is 0. The van der Waals surface area contributed by atoms with Crippen LogP contribution in [-0.4, -0.2) is 45.0 Å². The van der Waals surface area contributed by atoms with Crippen LogP contribution in [0.1, 0.15) is 5.56 Å². The lowest BCUT2D eigenvalue weighted by atomic mass is 9.93. The van der Waals surface area contributed by atoms with Crippen molar-refractivity contribution in [1.29, 1.82) is 0 Å². The van der Waals surface area contributed by atoms with Gasteiger partial charge in [0.1, 0.15) is 11.3 Å². The van der Waals surface area contributed by atoms with Crippen molar-refractivity contribution in [1.82, 2.24) is 39.9 Å². The second-order valence-corrected chi connectivity index (χ2v) is 24.4. The number of pyridine rings is 2. The molecule has 0 radical (unpaired) electrons. The molecule has 0 atom stereocenters. The maximum Gasteiger partial charge on any atom is 0.164 e. The Kier molecular flexibility index (Phi) is 15.1. The molecular formula is C89H58N8O. The van der Waals surface area contributed by atoms with E-state index in [-0.39, 0.29) is 5.75 Å². The lowest BCUT2D eigenvalue weighted by Gasteiger charge is -2.14. The highest BCUT2D eigenvalue weighted by Gasteiger charge is 2.19. The van der Waals surface area contributed by atoms with E-state index in [1.165, 1.54) is 27.1 Å². The highest BCUT2D eigenvalue weighted by Crippen LogP contribution is 2.42. The number of phenolic OH excluding ortho intramolecular Hbond substituents is 1. The molecule has 9 nitrogen and oxygen atoms in total. The monoisotopic (exact) mass is 1250 g/mol. The molecule has 0 fully saturated rings. The summed E-state index contributed by atoms with van der Waals surface area (Å²) in [4.78, 5) is 39.4. The number of phenols is 1. The van der Waals surface area contributed by atoms with Gasteiger partial charge in [-0.05, 0) is 62.4 Å². The molecular weight excluding hydrogens is 1200 g/mol. The molecule has 18 rings (SSSR count). The average Bonchev–Trinajstić information content (AvgIpc) is 0.745. The van der Waals surface area contributed by atoms with Crippen LogP contribution in [0.25, 0.3) is 178 Å². The third-order valence-corrected chi connectivity index (χ3v) is 18.3. The number of aryl methyl sites for hydroxylation is 1. The van der Waals surface area contributed by atoms with Gasteiger partial charge in [-0.15, -0.1) is 0 Å². The van der Waals surface area contributed by atoms with Crippen molar-refractivity contribution in [3.63, 3.8) is 0 Å². The first-order chi connectivity index (χ1) is 48.4. The summed E-state index contributed by atoms with van der Waals surface area (Å²) in [5.41, 5.74) is 16.8. The number of rotatable bonds is 10. The van der Waals surface area contributed by atoms with Crippen molar-refractivity contribution in [3.8, 4) is 119 Å². The van der Waals surface area contributed by atoms with Gasteiger partial charge in [-0.2, -0.15) is 0 Å². The second-order valence-electron chi connectivity index (χ2n) is 24.4. The molecule has 4 heterocycles. The summed E-state index contributed by atoms with van der Waals surface area (Å²) in [5.74, 6) is 4.03. The topological polar surface area (TPSA) is 123 Å². The van der Waals surface area contributed by atoms with Crippen molar-refractivity contribution in [2.45, 2.75) is 6.92 Å². The van der Waals surface area contributed by atoms with Gasteiger partial charge in [0.15, 0.2) is 34.9 Å². The van der Waals surface area contributed by atoms with Gasteiger partial charge in [0.05, 0.1) is 16.9 Å². The minimum Gasteiger partial charge on any atom is -0.506 e. The summed E-state index contributed by atoms with van der Waals surface area (Å²) in [6.45, 7) is 2.14. The zero-order valence-electron chi connectivity index (χ0n) is 53.2. The number of para-hydroxylation sites is 2. The molecule has 0 bridgehead atoms. The molecule has 1 N–H and O–H groups in total. The van der Waals surface area contributed by atoms with Gasteiger partial charge in [0.25, 0.3) is 0 Å². The molecule has 98 heavy (non-hydrogen) atoms. The first-order valence-electron chi connectivity index (χ1n) is 32.7. The minimum atomic E-state index is 0.176. The van der Waals surface area contributed by atoms with Crippen LogP contribution in [0, 0.1) is 6.92 Å². The smallest absolute Gasteiger partial charge is 0.164 e. The van der Waals surface area contributed by atoms with Crippen molar-refractivity contribution in [2.24, 2.45) is 0 Å². The Balaban J connectivity index is 0.000000147. The number of hydrogen-bond donors (Lipinski definition) is 1. The van der Waals surface area contributed by atoms with Crippen LogP contribution in [0.2, 0.25) is 0 Å². The van der Waals surface area contributed by atoms with Crippen LogP contribution in [0.3, 0.4) is 0 Å². The SMILES string of the molecule is Cc1cccc2c1nc(-c1ccc(-c3ccc(-c4nc(-c5ccccc5)nc(-c5ccccc5)n4)cc3)cc1)c1ccc3ccccc3c12.Oc1cccc2c1nc(-c1ccc(-c3ccc(-c4nc(-c5ccccc5)nc(-c5ccccc5)n4)cc3)cc1)c1ccc3ccccc3c12. The minimum absolute atomic E-state index is 0.176. The maximum atomic E-state index is 10.8. The standard InChI is InChI=1S/C45H30N4.C44H28N4O/c1-29-11-10-18-38-40-37-17-9-8-12-32(37)27-28-39(40)42(46-41(29)38)33-23-19-30(20-24-33)31-21-25-36(26-22-31)45-48-43(34-13-4-2-5-14-34)47-44(49-45)35-15-6-3-7-16-35;49-38-17-9-16-36-39-35-15-8-7-10-30(35)26-27-37(39)40(45-41(36)38)31-22-18-28(19-23-31)29-20-24-34(25-21-29)44-47-42(32-11-3-1-4-12-32)46-43(48-44)33-13-5-2-6-14-33/h2-28H,1H3;1-27,49H. The Morgan fingerprint density at radius 3 is 0.837 bits per heavy atom. The highest BCUT2D eigenvalue weighted by atomic mass is 16.3. The van der Waals surface area contributed by atoms with E-state index in [1.807, 2.05) is 133 Å². The molecule has 0 saturated heterocycles. The van der Waals surface area contributed by atoms with E-state index in [2.05, 4.69) is 195 Å². The summed E-state index contributed by atoms with van der Waals surface area (Å²) in [6, 6.07) is 112. The van der Waals surface area contributed by atoms with Crippen molar-refractivity contribution in [2.75, 3.05) is 0 Å². The fourth-order valence-corrected chi connectivity index (χ4v) is 13.3. The molecule has 18 aromatic rings. The van der Waals surface area contributed by atoms with Gasteiger partial charge in [-0.3, -0.25) is 0 Å². The second kappa shape index (κ2) is 25.2. The van der Waals surface area contributed by atoms with E-state index in [9.17, 15) is 5.11 Å². The predicted molar refractivity (Wildman–Crippen MR) is 401 cm³/mol. The van der Waals surface area contributed by atoms with Gasteiger partial charge in [-0.25, -0.2) is 39.9 Å². The third kappa shape index (κ3) is 11.1. The molecule has 460 valence electrons. The van der Waals surface area contributed by atoms with Gasteiger partial charge < -0.3 is 5.11 Å².